The second-order valence-corrected chi connectivity index (χ2v) is 3.81. The Morgan fingerprint density at radius 1 is 1.50 bits per heavy atom. The molecule has 0 amide bonds. The van der Waals surface area contributed by atoms with Crippen molar-refractivity contribution in [3.63, 3.8) is 0 Å². The fourth-order valence-corrected chi connectivity index (χ4v) is 1.20. The van der Waals surface area contributed by atoms with E-state index in [1.165, 1.54) is 0 Å². The highest BCUT2D eigenvalue weighted by molar-refractivity contribution is 5.48. The molecular weight excluding hydrogens is 206 g/mol. The summed E-state index contributed by atoms with van der Waals surface area (Å²) in [7, 11) is 3.58. The highest BCUT2D eigenvalue weighted by Crippen LogP contribution is 2.16. The summed E-state index contributed by atoms with van der Waals surface area (Å²) in [5.41, 5.74) is 2.53. The van der Waals surface area contributed by atoms with Gasteiger partial charge < -0.3 is 15.1 Å². The third kappa shape index (κ3) is 3.04. The molecule has 0 saturated carbocycles. The van der Waals surface area contributed by atoms with Gasteiger partial charge in [-0.1, -0.05) is 0 Å². The minimum absolute atomic E-state index is 0.357. The second-order valence-electron chi connectivity index (χ2n) is 3.81. The van der Waals surface area contributed by atoms with Gasteiger partial charge in [0.1, 0.15) is 18.2 Å². The smallest absolute Gasteiger partial charge is 0.158 e. The molecule has 0 spiro atoms. The van der Waals surface area contributed by atoms with Crippen LogP contribution in [0.3, 0.4) is 0 Å². The van der Waals surface area contributed by atoms with E-state index < -0.39 is 0 Å². The van der Waals surface area contributed by atoms with Crippen LogP contribution in [0.15, 0.2) is 6.07 Å². The summed E-state index contributed by atoms with van der Waals surface area (Å²) in [6.45, 7) is 4.55. The van der Waals surface area contributed by atoms with Gasteiger partial charge in [0.25, 0.3) is 0 Å². The normalized spacial score (nSPS) is 10.6. The SMILES string of the molecule is COCc1nc(NN)cc(N(C)C(C)C)n1. The monoisotopic (exact) mass is 225 g/mol. The molecule has 0 saturated heterocycles. The number of nitrogens with two attached hydrogens (primary N) is 1. The number of hydrazine groups is 1. The highest BCUT2D eigenvalue weighted by Gasteiger charge is 2.10. The van der Waals surface area contributed by atoms with E-state index in [9.17, 15) is 0 Å². The van der Waals surface area contributed by atoms with E-state index in [1.807, 2.05) is 11.9 Å². The first-order chi connectivity index (χ1) is 7.58. The Balaban J connectivity index is 3.03. The number of hydrogen-bond acceptors (Lipinski definition) is 6. The van der Waals surface area contributed by atoms with E-state index in [-0.39, 0.29) is 0 Å². The zero-order valence-corrected chi connectivity index (χ0v) is 10.2. The van der Waals surface area contributed by atoms with Crippen LogP contribution in [0, 0.1) is 0 Å². The number of nitrogen functional groups attached to an aromatic ring is 1. The fraction of sp³-hybridized carbons (Fsp3) is 0.600. The average molecular weight is 225 g/mol. The summed E-state index contributed by atoms with van der Waals surface area (Å²) in [4.78, 5) is 10.6. The van der Waals surface area contributed by atoms with Crippen molar-refractivity contribution in [1.82, 2.24) is 9.97 Å². The average Bonchev–Trinajstić information content (AvgIpc) is 2.27. The molecule has 6 heteroatoms. The third-order valence-corrected chi connectivity index (χ3v) is 2.32. The number of nitrogens with one attached hydrogen (secondary N) is 1. The molecule has 0 aliphatic carbocycles. The molecule has 1 aromatic heterocycles. The standard InChI is InChI=1S/C10H19N5O/c1-7(2)15(3)10-5-8(14-11)12-9(13-10)6-16-4/h5,7H,6,11H2,1-4H3,(H,12,13,14). The zero-order chi connectivity index (χ0) is 12.1. The Bertz CT molecular complexity index is 342. The Morgan fingerprint density at radius 2 is 2.19 bits per heavy atom. The van der Waals surface area contributed by atoms with Gasteiger partial charge in [0.05, 0.1) is 0 Å². The lowest BCUT2D eigenvalue weighted by atomic mass is 10.3. The van der Waals surface area contributed by atoms with E-state index in [1.54, 1.807) is 13.2 Å². The predicted molar refractivity (Wildman–Crippen MR) is 64.1 cm³/mol. The van der Waals surface area contributed by atoms with Gasteiger partial charge in [0, 0.05) is 26.3 Å². The maximum Gasteiger partial charge on any atom is 0.158 e. The van der Waals surface area contributed by atoms with Crippen LogP contribution in [-0.2, 0) is 11.3 Å². The first-order valence-corrected chi connectivity index (χ1v) is 5.14. The Hall–Kier alpha value is -1.40. The zero-order valence-electron chi connectivity index (χ0n) is 10.2. The van der Waals surface area contributed by atoms with E-state index in [0.717, 1.165) is 5.82 Å². The molecule has 0 unspecified atom stereocenters. The van der Waals surface area contributed by atoms with Gasteiger partial charge in [0.15, 0.2) is 5.82 Å². The first-order valence-electron chi connectivity index (χ1n) is 5.14. The lowest BCUT2D eigenvalue weighted by Crippen LogP contribution is -2.27. The summed E-state index contributed by atoms with van der Waals surface area (Å²) >= 11 is 0. The molecule has 0 fully saturated rings. The van der Waals surface area contributed by atoms with Crippen molar-refractivity contribution in [1.29, 1.82) is 0 Å². The van der Waals surface area contributed by atoms with Crippen molar-refractivity contribution in [2.45, 2.75) is 26.5 Å². The predicted octanol–water partition coefficient (Wildman–Crippen LogP) is 0.753. The summed E-state index contributed by atoms with van der Waals surface area (Å²) in [6.07, 6.45) is 0. The summed E-state index contributed by atoms with van der Waals surface area (Å²) in [6, 6.07) is 2.16. The van der Waals surface area contributed by atoms with E-state index >= 15 is 0 Å². The number of hydrogen-bond donors (Lipinski definition) is 2. The van der Waals surface area contributed by atoms with Crippen LogP contribution in [0.25, 0.3) is 0 Å². The maximum atomic E-state index is 5.36. The Morgan fingerprint density at radius 3 is 2.69 bits per heavy atom. The van der Waals surface area contributed by atoms with Crippen molar-refractivity contribution in [3.8, 4) is 0 Å². The maximum absolute atomic E-state index is 5.36. The molecule has 3 N–H and O–H groups in total. The minimum atomic E-state index is 0.357. The molecule has 0 bridgehead atoms. The van der Waals surface area contributed by atoms with Crippen molar-refractivity contribution in [2.75, 3.05) is 24.5 Å². The number of rotatable bonds is 5. The van der Waals surface area contributed by atoms with Gasteiger partial charge >= 0.3 is 0 Å². The van der Waals surface area contributed by atoms with Gasteiger partial charge in [0.2, 0.25) is 0 Å². The Kier molecular flexibility index (Phi) is 4.45. The topological polar surface area (TPSA) is 76.3 Å². The molecule has 0 aliphatic heterocycles. The van der Waals surface area contributed by atoms with Crippen molar-refractivity contribution >= 4 is 11.6 Å². The number of methoxy groups -OCH3 is 1. The molecule has 6 nitrogen and oxygen atoms in total. The number of anilines is 2. The minimum Gasteiger partial charge on any atom is -0.377 e. The summed E-state index contributed by atoms with van der Waals surface area (Å²) < 4.78 is 5.01. The van der Waals surface area contributed by atoms with E-state index in [4.69, 9.17) is 10.6 Å². The lowest BCUT2D eigenvalue weighted by molar-refractivity contribution is 0.178. The largest absolute Gasteiger partial charge is 0.377 e. The molecule has 16 heavy (non-hydrogen) atoms. The van der Waals surface area contributed by atoms with E-state index in [2.05, 4.69) is 29.2 Å². The van der Waals surface area contributed by atoms with Gasteiger partial charge in [-0.3, -0.25) is 0 Å². The highest BCUT2D eigenvalue weighted by atomic mass is 16.5. The van der Waals surface area contributed by atoms with Gasteiger partial charge in [-0.2, -0.15) is 0 Å². The molecule has 0 aromatic carbocycles. The van der Waals surface area contributed by atoms with Gasteiger partial charge in [-0.25, -0.2) is 15.8 Å². The quantitative estimate of drug-likeness (QED) is 0.569. The van der Waals surface area contributed by atoms with Crippen LogP contribution in [0.2, 0.25) is 0 Å². The van der Waals surface area contributed by atoms with Gasteiger partial charge in [-0.05, 0) is 13.8 Å². The summed E-state index contributed by atoms with van der Waals surface area (Å²) in [5, 5.41) is 0. The van der Waals surface area contributed by atoms with Gasteiger partial charge in [-0.15, -0.1) is 0 Å². The van der Waals surface area contributed by atoms with Crippen LogP contribution in [0.1, 0.15) is 19.7 Å². The number of nitrogens with zero attached hydrogens (tertiary/aromatic N) is 3. The second kappa shape index (κ2) is 5.62. The van der Waals surface area contributed by atoms with E-state index in [0.29, 0.717) is 24.3 Å². The molecule has 0 aliphatic rings. The molecular formula is C10H19N5O. The molecule has 1 aromatic rings. The lowest BCUT2D eigenvalue weighted by Gasteiger charge is -2.23. The van der Waals surface area contributed by atoms with Crippen molar-refractivity contribution in [2.24, 2.45) is 5.84 Å². The molecule has 1 heterocycles. The van der Waals surface area contributed by atoms with Crippen LogP contribution < -0.4 is 16.2 Å². The fourth-order valence-electron chi connectivity index (χ4n) is 1.20. The Labute approximate surface area is 95.8 Å². The van der Waals surface area contributed by atoms with Crippen LogP contribution in [-0.4, -0.2) is 30.2 Å². The third-order valence-electron chi connectivity index (χ3n) is 2.32. The molecule has 90 valence electrons. The number of ether oxygens (including phenoxy) is 1. The number of aromatic nitrogens is 2. The van der Waals surface area contributed by atoms with Crippen LogP contribution in [0.5, 0.6) is 0 Å². The van der Waals surface area contributed by atoms with Crippen LogP contribution >= 0.6 is 0 Å². The molecule has 1 rings (SSSR count). The van der Waals surface area contributed by atoms with Crippen LogP contribution in [0.4, 0.5) is 11.6 Å². The first kappa shape index (κ1) is 12.7. The molecule has 0 atom stereocenters. The van der Waals surface area contributed by atoms with Crippen molar-refractivity contribution in [3.05, 3.63) is 11.9 Å². The summed E-state index contributed by atoms with van der Waals surface area (Å²) in [5.74, 6) is 7.38. The molecule has 0 radical (unpaired) electrons. The van der Waals surface area contributed by atoms with Crippen molar-refractivity contribution < 1.29 is 4.74 Å².